The number of aromatic nitrogens is 1. The average Bonchev–Trinajstić information content (AvgIpc) is 2.16. The summed E-state index contributed by atoms with van der Waals surface area (Å²) in [5.74, 6) is 0.445. The van der Waals surface area contributed by atoms with Crippen molar-refractivity contribution in [1.29, 1.82) is 0 Å². The molecule has 2 heteroatoms. The molecule has 0 spiro atoms. The lowest BCUT2D eigenvalue weighted by molar-refractivity contribution is 0.499. The normalized spacial score (nSPS) is 13.3. The number of nitrogens with two attached hydrogens (primary N) is 1. The van der Waals surface area contributed by atoms with Crippen LogP contribution in [0.5, 0.6) is 0 Å². The summed E-state index contributed by atoms with van der Waals surface area (Å²) < 4.78 is 0. The van der Waals surface area contributed by atoms with Crippen LogP contribution in [0.2, 0.25) is 0 Å². The number of hydrogen-bond donors (Lipinski definition) is 1. The lowest BCUT2D eigenvalue weighted by Gasteiger charge is -2.17. The van der Waals surface area contributed by atoms with Crippen LogP contribution in [0.1, 0.15) is 38.1 Å². The highest BCUT2D eigenvalue weighted by atomic mass is 14.8. The minimum absolute atomic E-state index is 0.0659. The second-order valence-electron chi connectivity index (χ2n) is 3.67. The van der Waals surface area contributed by atoms with E-state index in [0.29, 0.717) is 5.92 Å². The molecule has 0 saturated heterocycles. The summed E-state index contributed by atoms with van der Waals surface area (Å²) in [5, 5.41) is 0. The molecule has 0 aliphatic carbocycles. The summed E-state index contributed by atoms with van der Waals surface area (Å²) in [4.78, 5) is 4.35. The molecule has 0 unspecified atom stereocenters. The molecule has 0 radical (unpaired) electrons. The zero-order chi connectivity index (χ0) is 9.84. The molecule has 1 rings (SSSR count). The van der Waals surface area contributed by atoms with E-state index in [1.54, 1.807) is 0 Å². The van der Waals surface area contributed by atoms with Crippen LogP contribution in [-0.2, 0) is 6.42 Å². The smallest absolute Gasteiger partial charge is 0.0605 e. The van der Waals surface area contributed by atoms with Crippen LogP contribution in [-0.4, -0.2) is 4.98 Å². The van der Waals surface area contributed by atoms with Gasteiger partial charge < -0.3 is 5.73 Å². The first kappa shape index (κ1) is 10.2. The summed E-state index contributed by atoms with van der Waals surface area (Å²) >= 11 is 0. The Bertz CT molecular complexity index is 269. The van der Waals surface area contributed by atoms with Crippen molar-refractivity contribution in [3.05, 3.63) is 29.6 Å². The maximum Gasteiger partial charge on any atom is 0.0605 e. The second kappa shape index (κ2) is 4.38. The number of pyridine rings is 1. The monoisotopic (exact) mass is 178 g/mol. The number of rotatable bonds is 3. The van der Waals surface area contributed by atoms with Gasteiger partial charge in [0.05, 0.1) is 5.69 Å². The van der Waals surface area contributed by atoms with Crippen LogP contribution in [0.4, 0.5) is 0 Å². The zero-order valence-electron chi connectivity index (χ0n) is 8.62. The van der Waals surface area contributed by atoms with Gasteiger partial charge in [0.15, 0.2) is 0 Å². The van der Waals surface area contributed by atoms with Crippen molar-refractivity contribution >= 4 is 0 Å². The highest BCUT2D eigenvalue weighted by molar-refractivity contribution is 5.22. The molecule has 0 amide bonds. The molecular formula is C11H18N2. The first-order valence-electron chi connectivity index (χ1n) is 4.86. The van der Waals surface area contributed by atoms with Crippen molar-refractivity contribution in [2.45, 2.75) is 33.2 Å². The molecule has 0 aliphatic rings. The number of aryl methyl sites for hydroxylation is 1. The average molecular weight is 178 g/mol. The van der Waals surface area contributed by atoms with Crippen molar-refractivity contribution in [1.82, 2.24) is 4.98 Å². The Hall–Kier alpha value is -0.890. The second-order valence-corrected chi connectivity index (χ2v) is 3.67. The Labute approximate surface area is 80.2 Å². The first-order valence-corrected chi connectivity index (χ1v) is 4.86. The quantitative estimate of drug-likeness (QED) is 0.771. The maximum absolute atomic E-state index is 6.05. The van der Waals surface area contributed by atoms with E-state index in [1.807, 2.05) is 12.3 Å². The van der Waals surface area contributed by atoms with Gasteiger partial charge in [0.1, 0.15) is 0 Å². The summed E-state index contributed by atoms with van der Waals surface area (Å²) in [7, 11) is 0. The summed E-state index contributed by atoms with van der Waals surface area (Å²) in [6, 6.07) is 4.14. The standard InChI is InChI=1S/C11H18N2/c1-4-9-6-5-7-13-11(9)10(12)8(2)3/h5-8,10H,4,12H2,1-3H3/t10-/m1/s1. The Balaban J connectivity index is 2.98. The molecule has 13 heavy (non-hydrogen) atoms. The SMILES string of the molecule is CCc1cccnc1[C@H](N)C(C)C. The van der Waals surface area contributed by atoms with E-state index >= 15 is 0 Å². The van der Waals surface area contributed by atoms with Crippen LogP contribution in [0.15, 0.2) is 18.3 Å². The van der Waals surface area contributed by atoms with Crippen molar-refractivity contribution in [2.75, 3.05) is 0 Å². The first-order chi connectivity index (χ1) is 6.16. The number of nitrogens with zero attached hydrogens (tertiary/aromatic N) is 1. The van der Waals surface area contributed by atoms with Crippen molar-refractivity contribution in [2.24, 2.45) is 11.7 Å². The molecule has 0 aromatic carbocycles. The highest BCUT2D eigenvalue weighted by Gasteiger charge is 2.14. The summed E-state index contributed by atoms with van der Waals surface area (Å²) in [5.41, 5.74) is 8.37. The van der Waals surface area contributed by atoms with Gasteiger partial charge in [-0.05, 0) is 24.0 Å². The van der Waals surface area contributed by atoms with E-state index in [-0.39, 0.29) is 6.04 Å². The Kier molecular flexibility index (Phi) is 3.43. The van der Waals surface area contributed by atoms with Gasteiger partial charge in [-0.25, -0.2) is 0 Å². The van der Waals surface area contributed by atoms with Crippen molar-refractivity contribution in [3.63, 3.8) is 0 Å². The van der Waals surface area contributed by atoms with Crippen LogP contribution < -0.4 is 5.73 Å². The molecule has 0 bridgehead atoms. The minimum Gasteiger partial charge on any atom is -0.322 e. The van der Waals surface area contributed by atoms with E-state index in [4.69, 9.17) is 5.73 Å². The van der Waals surface area contributed by atoms with Gasteiger partial charge in [-0.1, -0.05) is 26.8 Å². The number of hydrogen-bond acceptors (Lipinski definition) is 2. The van der Waals surface area contributed by atoms with Crippen LogP contribution >= 0.6 is 0 Å². The summed E-state index contributed by atoms with van der Waals surface area (Å²) in [6.45, 7) is 6.38. The lowest BCUT2D eigenvalue weighted by atomic mass is 9.97. The molecule has 1 aromatic heterocycles. The van der Waals surface area contributed by atoms with Gasteiger partial charge in [0, 0.05) is 12.2 Å². The van der Waals surface area contributed by atoms with Gasteiger partial charge in [-0.15, -0.1) is 0 Å². The van der Waals surface area contributed by atoms with E-state index in [2.05, 4.69) is 31.8 Å². The lowest BCUT2D eigenvalue weighted by Crippen LogP contribution is -2.19. The Morgan fingerprint density at radius 2 is 2.15 bits per heavy atom. The largest absolute Gasteiger partial charge is 0.322 e. The van der Waals surface area contributed by atoms with Crippen LogP contribution in [0, 0.1) is 5.92 Å². The topological polar surface area (TPSA) is 38.9 Å². The van der Waals surface area contributed by atoms with Gasteiger partial charge in [0.2, 0.25) is 0 Å². The molecule has 1 atom stereocenters. The molecule has 0 saturated carbocycles. The van der Waals surface area contributed by atoms with E-state index in [1.165, 1.54) is 5.56 Å². The Morgan fingerprint density at radius 1 is 1.46 bits per heavy atom. The van der Waals surface area contributed by atoms with Gasteiger partial charge >= 0.3 is 0 Å². The molecule has 72 valence electrons. The summed E-state index contributed by atoms with van der Waals surface area (Å²) in [6.07, 6.45) is 2.82. The zero-order valence-corrected chi connectivity index (χ0v) is 8.62. The third kappa shape index (κ3) is 2.28. The van der Waals surface area contributed by atoms with Gasteiger partial charge in [-0.2, -0.15) is 0 Å². The molecular weight excluding hydrogens is 160 g/mol. The van der Waals surface area contributed by atoms with Gasteiger partial charge in [-0.3, -0.25) is 4.98 Å². The van der Waals surface area contributed by atoms with Crippen molar-refractivity contribution < 1.29 is 0 Å². The van der Waals surface area contributed by atoms with Crippen LogP contribution in [0.3, 0.4) is 0 Å². The fourth-order valence-corrected chi connectivity index (χ4v) is 1.37. The molecule has 0 fully saturated rings. The molecule has 2 N–H and O–H groups in total. The van der Waals surface area contributed by atoms with Crippen molar-refractivity contribution in [3.8, 4) is 0 Å². The molecule has 1 heterocycles. The predicted molar refractivity (Wildman–Crippen MR) is 55.4 cm³/mol. The molecule has 1 aromatic rings. The van der Waals surface area contributed by atoms with E-state index in [9.17, 15) is 0 Å². The fourth-order valence-electron chi connectivity index (χ4n) is 1.37. The Morgan fingerprint density at radius 3 is 2.69 bits per heavy atom. The van der Waals surface area contributed by atoms with E-state index < -0.39 is 0 Å². The predicted octanol–water partition coefficient (Wildman–Crippen LogP) is 2.30. The van der Waals surface area contributed by atoms with E-state index in [0.717, 1.165) is 12.1 Å². The fraction of sp³-hybridized carbons (Fsp3) is 0.545. The maximum atomic E-state index is 6.05. The minimum atomic E-state index is 0.0659. The highest BCUT2D eigenvalue weighted by Crippen LogP contribution is 2.20. The molecule has 2 nitrogen and oxygen atoms in total. The third-order valence-electron chi connectivity index (χ3n) is 2.34. The third-order valence-corrected chi connectivity index (χ3v) is 2.34. The van der Waals surface area contributed by atoms with Crippen LogP contribution in [0.25, 0.3) is 0 Å². The molecule has 0 aliphatic heterocycles. The van der Waals surface area contributed by atoms with Gasteiger partial charge in [0.25, 0.3) is 0 Å².